The maximum atomic E-state index is 13.4. The van der Waals surface area contributed by atoms with E-state index in [1.54, 1.807) is 6.07 Å². The average Bonchev–Trinajstić information content (AvgIpc) is 3.18. The number of hydrogen-bond donors (Lipinski definition) is 2. The van der Waals surface area contributed by atoms with Gasteiger partial charge in [-0.2, -0.15) is 0 Å². The molecule has 3 aromatic rings. The highest BCUT2D eigenvalue weighted by atomic mass is 32.2. The molecule has 2 amide bonds. The van der Waals surface area contributed by atoms with Crippen molar-refractivity contribution >= 4 is 45.7 Å². The molecule has 0 saturated carbocycles. The molecule has 0 radical (unpaired) electrons. The van der Waals surface area contributed by atoms with E-state index in [4.69, 9.17) is 0 Å². The van der Waals surface area contributed by atoms with Crippen LogP contribution >= 0.6 is 11.8 Å². The van der Waals surface area contributed by atoms with Crippen LogP contribution in [0.5, 0.6) is 0 Å². The number of H-pyrrole nitrogens is 1. The molecule has 4 rings (SSSR count). The Balaban J connectivity index is 1.26. The minimum Gasteiger partial charge on any atom is -0.360 e. The van der Waals surface area contributed by atoms with Crippen LogP contribution in [-0.4, -0.2) is 46.3 Å². The van der Waals surface area contributed by atoms with Gasteiger partial charge < -0.3 is 15.2 Å². The number of hydrogen-bond acceptors (Lipinski definition) is 3. The van der Waals surface area contributed by atoms with E-state index in [1.165, 1.54) is 23.9 Å². The first-order valence-corrected chi connectivity index (χ1v) is 11.3. The monoisotopic (exact) mass is 437 g/mol. The van der Waals surface area contributed by atoms with E-state index in [-0.39, 0.29) is 29.1 Å². The van der Waals surface area contributed by atoms with Gasteiger partial charge >= 0.3 is 0 Å². The summed E-state index contributed by atoms with van der Waals surface area (Å²) < 4.78 is 13.4. The molecule has 5 nitrogen and oxygen atoms in total. The molecule has 0 spiro atoms. The van der Waals surface area contributed by atoms with Crippen LogP contribution in [0.25, 0.3) is 16.5 Å². The Kier molecular flexibility index (Phi) is 6.42. The molecule has 0 fully saturated rings. The number of aryl methyl sites for hydroxylation is 1. The molecule has 0 aliphatic carbocycles. The number of anilines is 1. The van der Waals surface area contributed by atoms with Crippen molar-refractivity contribution in [3.63, 3.8) is 0 Å². The number of fused-ring (bicyclic) bond motifs is 1. The number of rotatable bonds is 6. The summed E-state index contributed by atoms with van der Waals surface area (Å²) in [5.74, 6) is 0.167. The average molecular weight is 438 g/mol. The van der Waals surface area contributed by atoms with Crippen LogP contribution in [0.4, 0.5) is 10.1 Å². The molecule has 2 heterocycles. The van der Waals surface area contributed by atoms with Crippen LogP contribution in [0.15, 0.2) is 54.7 Å². The molecule has 160 valence electrons. The Labute approximate surface area is 184 Å². The Morgan fingerprint density at radius 3 is 2.71 bits per heavy atom. The van der Waals surface area contributed by atoms with Crippen molar-refractivity contribution in [2.75, 3.05) is 29.9 Å². The molecule has 1 aliphatic rings. The lowest BCUT2D eigenvalue weighted by Gasteiger charge is -2.26. The fraction of sp³-hybridized carbons (Fsp3) is 0.250. The number of thioether (sulfide) groups is 1. The van der Waals surface area contributed by atoms with E-state index in [9.17, 15) is 14.0 Å². The van der Waals surface area contributed by atoms with Gasteiger partial charge in [0.1, 0.15) is 5.82 Å². The van der Waals surface area contributed by atoms with Gasteiger partial charge in [-0.15, -0.1) is 11.8 Å². The highest BCUT2D eigenvalue weighted by Crippen LogP contribution is 2.29. The van der Waals surface area contributed by atoms with E-state index in [0.29, 0.717) is 13.1 Å². The highest BCUT2D eigenvalue weighted by molar-refractivity contribution is 8.00. The van der Waals surface area contributed by atoms with E-state index < -0.39 is 0 Å². The topological polar surface area (TPSA) is 65.2 Å². The number of aromatic amines is 1. The lowest BCUT2D eigenvalue weighted by molar-refractivity contribution is -0.127. The number of halogens is 1. The number of carbonyl (C=O) groups is 2. The summed E-state index contributed by atoms with van der Waals surface area (Å²) in [7, 11) is 0. The normalized spacial score (nSPS) is 13.9. The maximum absolute atomic E-state index is 13.4. The van der Waals surface area contributed by atoms with Crippen LogP contribution in [0.2, 0.25) is 0 Å². The third kappa shape index (κ3) is 5.17. The van der Waals surface area contributed by atoms with E-state index >= 15 is 0 Å². The van der Waals surface area contributed by atoms with Crippen LogP contribution < -0.4 is 5.32 Å². The van der Waals surface area contributed by atoms with Crippen LogP contribution in [0.3, 0.4) is 0 Å². The molecule has 1 aliphatic heterocycles. The molecule has 7 heteroatoms. The number of aromatic nitrogens is 1. The number of carbonyl (C=O) groups excluding carboxylic acids is 2. The van der Waals surface area contributed by atoms with Gasteiger partial charge in [0, 0.05) is 41.4 Å². The fourth-order valence-corrected chi connectivity index (χ4v) is 4.38. The Morgan fingerprint density at radius 1 is 1.16 bits per heavy atom. The lowest BCUT2D eigenvalue weighted by atomic mass is 9.99. The van der Waals surface area contributed by atoms with Gasteiger partial charge in [0.15, 0.2) is 0 Å². The second kappa shape index (κ2) is 9.39. The minimum absolute atomic E-state index is 0.0319. The predicted octanol–water partition coefficient (Wildman–Crippen LogP) is 4.60. The Hall–Kier alpha value is -3.06. The van der Waals surface area contributed by atoms with Crippen molar-refractivity contribution in [1.82, 2.24) is 9.88 Å². The number of nitrogens with one attached hydrogen (secondary N) is 2. The quantitative estimate of drug-likeness (QED) is 0.592. The third-order valence-corrected chi connectivity index (χ3v) is 6.26. The van der Waals surface area contributed by atoms with E-state index in [2.05, 4.69) is 16.4 Å². The van der Waals surface area contributed by atoms with Crippen molar-refractivity contribution in [3.05, 3.63) is 71.7 Å². The molecule has 31 heavy (non-hydrogen) atoms. The van der Waals surface area contributed by atoms with Crippen molar-refractivity contribution in [2.24, 2.45) is 0 Å². The van der Waals surface area contributed by atoms with E-state index in [1.807, 2.05) is 42.3 Å². The summed E-state index contributed by atoms with van der Waals surface area (Å²) in [5.41, 5.74) is 4.89. The van der Waals surface area contributed by atoms with Crippen LogP contribution in [-0.2, 0) is 9.59 Å². The smallest absolute Gasteiger partial charge is 0.234 e. The number of amides is 2. The standard InChI is InChI=1S/C24H24FN3O2S/c1-16-2-5-19(6-3-16)27-23(29)14-31-15-24(30)28-10-8-17(9-11-28)21-13-26-22-12-18(25)4-7-20(21)22/h2-8,12-13,26H,9-11,14-15H2,1H3,(H,27,29). The zero-order valence-corrected chi connectivity index (χ0v) is 18.1. The van der Waals surface area contributed by atoms with E-state index in [0.717, 1.165) is 39.7 Å². The van der Waals surface area contributed by atoms with Gasteiger partial charge in [0.05, 0.1) is 11.5 Å². The molecule has 0 atom stereocenters. The van der Waals surface area contributed by atoms with Crippen molar-refractivity contribution in [2.45, 2.75) is 13.3 Å². The van der Waals surface area contributed by atoms with Crippen LogP contribution in [0.1, 0.15) is 17.5 Å². The summed E-state index contributed by atoms with van der Waals surface area (Å²) in [6, 6.07) is 12.4. The summed E-state index contributed by atoms with van der Waals surface area (Å²) in [5, 5.41) is 3.83. The first-order valence-electron chi connectivity index (χ1n) is 10.2. The van der Waals surface area contributed by atoms with Crippen molar-refractivity contribution < 1.29 is 14.0 Å². The Bertz CT molecular complexity index is 1140. The molecule has 1 aromatic heterocycles. The number of nitrogens with zero attached hydrogens (tertiary/aromatic N) is 1. The first kappa shape index (κ1) is 21.2. The number of benzene rings is 2. The SMILES string of the molecule is Cc1ccc(NC(=O)CSCC(=O)N2CC=C(c3c[nH]c4cc(F)ccc34)CC2)cc1. The summed E-state index contributed by atoms with van der Waals surface area (Å²) in [4.78, 5) is 29.5. The first-order chi connectivity index (χ1) is 15.0. The second-order valence-electron chi connectivity index (χ2n) is 7.62. The van der Waals surface area contributed by atoms with Crippen molar-refractivity contribution in [1.29, 1.82) is 0 Å². The zero-order chi connectivity index (χ0) is 21.8. The predicted molar refractivity (Wildman–Crippen MR) is 125 cm³/mol. The molecule has 2 aromatic carbocycles. The molecule has 0 saturated heterocycles. The maximum Gasteiger partial charge on any atom is 0.234 e. The van der Waals surface area contributed by atoms with Gasteiger partial charge in [0.25, 0.3) is 0 Å². The van der Waals surface area contributed by atoms with Crippen LogP contribution in [0, 0.1) is 12.7 Å². The van der Waals surface area contributed by atoms with Crippen molar-refractivity contribution in [3.8, 4) is 0 Å². The Morgan fingerprint density at radius 2 is 1.97 bits per heavy atom. The highest BCUT2D eigenvalue weighted by Gasteiger charge is 2.19. The third-order valence-electron chi connectivity index (χ3n) is 5.35. The largest absolute Gasteiger partial charge is 0.360 e. The van der Waals surface area contributed by atoms with Gasteiger partial charge in [-0.05, 0) is 49.2 Å². The molecular formula is C24H24FN3O2S. The molecule has 0 unspecified atom stereocenters. The summed E-state index contributed by atoms with van der Waals surface area (Å²) in [6.45, 7) is 3.17. The second-order valence-corrected chi connectivity index (χ2v) is 8.60. The minimum atomic E-state index is -0.264. The van der Waals surface area contributed by atoms with Gasteiger partial charge in [0.2, 0.25) is 11.8 Å². The summed E-state index contributed by atoms with van der Waals surface area (Å²) >= 11 is 1.32. The van der Waals surface area contributed by atoms with Gasteiger partial charge in [-0.25, -0.2) is 4.39 Å². The lowest BCUT2D eigenvalue weighted by Crippen LogP contribution is -2.36. The fourth-order valence-electron chi connectivity index (χ4n) is 3.66. The zero-order valence-electron chi connectivity index (χ0n) is 17.3. The van der Waals surface area contributed by atoms with Gasteiger partial charge in [-0.1, -0.05) is 23.8 Å². The summed E-state index contributed by atoms with van der Waals surface area (Å²) in [6.07, 6.45) is 4.70. The molecular weight excluding hydrogens is 413 g/mol. The molecule has 2 N–H and O–H groups in total. The molecule has 0 bridgehead atoms. The van der Waals surface area contributed by atoms with Gasteiger partial charge in [-0.3, -0.25) is 9.59 Å².